The van der Waals surface area contributed by atoms with Crippen molar-refractivity contribution in [2.24, 2.45) is 0 Å². The number of anilines is 1. The van der Waals surface area contributed by atoms with E-state index in [1.165, 1.54) is 24.3 Å². The van der Waals surface area contributed by atoms with Crippen molar-refractivity contribution >= 4 is 5.69 Å². The molecule has 19 heavy (non-hydrogen) atoms. The van der Waals surface area contributed by atoms with Gasteiger partial charge in [-0.15, -0.1) is 13.2 Å². The van der Waals surface area contributed by atoms with E-state index in [1.807, 2.05) is 0 Å². The molecule has 0 aliphatic heterocycles. The van der Waals surface area contributed by atoms with Crippen LogP contribution in [0.4, 0.5) is 23.2 Å². The first kappa shape index (κ1) is 13.2. The normalized spacial score (nSPS) is 11.4. The highest BCUT2D eigenvalue weighted by atomic mass is 19.4. The van der Waals surface area contributed by atoms with E-state index in [-0.39, 0.29) is 22.6 Å². The molecule has 0 unspecified atom stereocenters. The van der Waals surface area contributed by atoms with Gasteiger partial charge in [-0.25, -0.2) is 4.39 Å². The average Bonchev–Trinajstić information content (AvgIpc) is 2.28. The summed E-state index contributed by atoms with van der Waals surface area (Å²) in [4.78, 5) is 0. The van der Waals surface area contributed by atoms with E-state index in [9.17, 15) is 17.6 Å². The summed E-state index contributed by atoms with van der Waals surface area (Å²) in [5, 5.41) is 0. The van der Waals surface area contributed by atoms with Crippen molar-refractivity contribution in [3.05, 3.63) is 48.3 Å². The summed E-state index contributed by atoms with van der Waals surface area (Å²) in [6, 6.07) is 9.01. The molecular weight excluding hydrogens is 262 g/mol. The van der Waals surface area contributed by atoms with Crippen LogP contribution in [-0.2, 0) is 0 Å². The lowest BCUT2D eigenvalue weighted by molar-refractivity contribution is -0.274. The lowest BCUT2D eigenvalue weighted by Crippen LogP contribution is -2.17. The Labute approximate surface area is 106 Å². The SMILES string of the molecule is Nc1cc(F)ccc1-c1ccccc1OC(F)(F)F. The predicted molar refractivity (Wildman–Crippen MR) is 62.9 cm³/mol. The average molecular weight is 271 g/mol. The van der Waals surface area contributed by atoms with Crippen LogP contribution in [0.15, 0.2) is 42.5 Å². The van der Waals surface area contributed by atoms with Gasteiger partial charge in [0.2, 0.25) is 0 Å². The van der Waals surface area contributed by atoms with Gasteiger partial charge >= 0.3 is 6.36 Å². The molecule has 0 atom stereocenters. The molecular formula is C13H9F4NO. The molecule has 0 aliphatic carbocycles. The maximum atomic E-state index is 12.9. The van der Waals surface area contributed by atoms with Gasteiger partial charge in [-0.05, 0) is 24.3 Å². The Bertz CT molecular complexity index is 595. The van der Waals surface area contributed by atoms with Crippen molar-refractivity contribution in [2.45, 2.75) is 6.36 Å². The van der Waals surface area contributed by atoms with Gasteiger partial charge in [-0.2, -0.15) is 0 Å². The Morgan fingerprint density at radius 2 is 1.63 bits per heavy atom. The predicted octanol–water partition coefficient (Wildman–Crippen LogP) is 3.97. The smallest absolute Gasteiger partial charge is 0.405 e. The number of hydrogen-bond acceptors (Lipinski definition) is 2. The molecule has 0 saturated heterocycles. The van der Waals surface area contributed by atoms with Crippen molar-refractivity contribution < 1.29 is 22.3 Å². The number of alkyl halides is 3. The zero-order valence-corrected chi connectivity index (χ0v) is 9.54. The summed E-state index contributed by atoms with van der Waals surface area (Å²) in [6.45, 7) is 0. The minimum absolute atomic E-state index is 0.0400. The van der Waals surface area contributed by atoms with Crippen LogP contribution >= 0.6 is 0 Å². The van der Waals surface area contributed by atoms with Gasteiger partial charge in [-0.1, -0.05) is 18.2 Å². The minimum Gasteiger partial charge on any atom is -0.405 e. The summed E-state index contributed by atoms with van der Waals surface area (Å²) in [5.74, 6) is -0.941. The van der Waals surface area contributed by atoms with Crippen LogP contribution in [0.25, 0.3) is 11.1 Å². The maximum absolute atomic E-state index is 12.9. The van der Waals surface area contributed by atoms with E-state index >= 15 is 0 Å². The Kier molecular flexibility index (Phi) is 3.33. The van der Waals surface area contributed by atoms with Gasteiger partial charge in [0.05, 0.1) is 0 Å². The molecule has 0 spiro atoms. The molecule has 0 heterocycles. The van der Waals surface area contributed by atoms with Crippen molar-refractivity contribution in [1.29, 1.82) is 0 Å². The summed E-state index contributed by atoms with van der Waals surface area (Å²) < 4.78 is 53.7. The molecule has 2 N–H and O–H groups in total. The van der Waals surface area contributed by atoms with E-state index in [1.54, 1.807) is 6.07 Å². The van der Waals surface area contributed by atoms with Crippen LogP contribution in [0.1, 0.15) is 0 Å². The fourth-order valence-corrected chi connectivity index (χ4v) is 1.68. The van der Waals surface area contributed by atoms with Gasteiger partial charge in [0.15, 0.2) is 0 Å². The number of ether oxygens (including phenoxy) is 1. The molecule has 0 saturated carbocycles. The van der Waals surface area contributed by atoms with E-state index < -0.39 is 12.2 Å². The second kappa shape index (κ2) is 4.79. The lowest BCUT2D eigenvalue weighted by Gasteiger charge is -2.14. The standard InChI is InChI=1S/C13H9F4NO/c14-8-5-6-9(11(18)7-8)10-3-1-2-4-12(10)19-13(15,16)17/h1-7H,18H2. The first-order valence-corrected chi connectivity index (χ1v) is 5.27. The van der Waals surface area contributed by atoms with Crippen molar-refractivity contribution in [1.82, 2.24) is 0 Å². The van der Waals surface area contributed by atoms with Crippen LogP contribution in [0, 0.1) is 5.82 Å². The van der Waals surface area contributed by atoms with Crippen molar-refractivity contribution in [3.8, 4) is 16.9 Å². The Morgan fingerprint density at radius 1 is 0.947 bits per heavy atom. The monoisotopic (exact) mass is 271 g/mol. The highest BCUT2D eigenvalue weighted by molar-refractivity contribution is 5.80. The molecule has 0 fully saturated rings. The molecule has 0 aliphatic rings. The van der Waals surface area contributed by atoms with Crippen LogP contribution in [-0.4, -0.2) is 6.36 Å². The fraction of sp³-hybridized carbons (Fsp3) is 0.0769. The van der Waals surface area contributed by atoms with Gasteiger partial charge in [0.25, 0.3) is 0 Å². The molecule has 2 aromatic rings. The largest absolute Gasteiger partial charge is 0.573 e. The number of nitrogens with two attached hydrogens (primary N) is 1. The zero-order valence-electron chi connectivity index (χ0n) is 9.54. The quantitative estimate of drug-likeness (QED) is 0.662. The molecule has 0 amide bonds. The second-order valence-corrected chi connectivity index (χ2v) is 3.78. The summed E-state index contributed by atoms with van der Waals surface area (Å²) in [7, 11) is 0. The zero-order chi connectivity index (χ0) is 14.0. The molecule has 2 aromatic carbocycles. The highest BCUT2D eigenvalue weighted by Crippen LogP contribution is 2.36. The van der Waals surface area contributed by atoms with E-state index in [2.05, 4.69) is 4.74 Å². The molecule has 0 radical (unpaired) electrons. The molecule has 6 heteroatoms. The van der Waals surface area contributed by atoms with Gasteiger partial charge in [0.1, 0.15) is 11.6 Å². The highest BCUT2D eigenvalue weighted by Gasteiger charge is 2.32. The number of para-hydroxylation sites is 1. The number of halogens is 4. The first-order valence-electron chi connectivity index (χ1n) is 5.27. The van der Waals surface area contributed by atoms with Crippen LogP contribution in [0.3, 0.4) is 0 Å². The van der Waals surface area contributed by atoms with Crippen LogP contribution in [0.2, 0.25) is 0 Å². The number of benzene rings is 2. The number of rotatable bonds is 2. The second-order valence-electron chi connectivity index (χ2n) is 3.78. The Hall–Kier alpha value is -2.24. The Balaban J connectivity index is 2.50. The Morgan fingerprint density at radius 3 is 2.26 bits per heavy atom. The maximum Gasteiger partial charge on any atom is 0.573 e. The molecule has 2 nitrogen and oxygen atoms in total. The molecule has 0 bridgehead atoms. The van der Waals surface area contributed by atoms with Crippen LogP contribution in [0.5, 0.6) is 5.75 Å². The van der Waals surface area contributed by atoms with Gasteiger partial charge in [-0.3, -0.25) is 0 Å². The summed E-state index contributed by atoms with van der Waals surface area (Å²) >= 11 is 0. The summed E-state index contributed by atoms with van der Waals surface area (Å²) in [5.41, 5.74) is 6.08. The van der Waals surface area contributed by atoms with Gasteiger partial charge < -0.3 is 10.5 Å². The van der Waals surface area contributed by atoms with E-state index in [0.29, 0.717) is 0 Å². The third kappa shape index (κ3) is 3.15. The van der Waals surface area contributed by atoms with Crippen LogP contribution < -0.4 is 10.5 Å². The molecule has 0 aromatic heterocycles. The topological polar surface area (TPSA) is 35.2 Å². The van der Waals surface area contributed by atoms with E-state index in [4.69, 9.17) is 5.73 Å². The third-order valence-corrected chi connectivity index (χ3v) is 2.42. The lowest BCUT2D eigenvalue weighted by atomic mass is 10.0. The van der Waals surface area contributed by atoms with Crippen molar-refractivity contribution in [2.75, 3.05) is 5.73 Å². The number of hydrogen-bond donors (Lipinski definition) is 1. The third-order valence-electron chi connectivity index (χ3n) is 2.42. The first-order chi connectivity index (χ1) is 8.87. The minimum atomic E-state index is -4.80. The van der Waals surface area contributed by atoms with Crippen molar-refractivity contribution in [3.63, 3.8) is 0 Å². The van der Waals surface area contributed by atoms with Gasteiger partial charge in [0, 0.05) is 16.8 Å². The van der Waals surface area contributed by atoms with E-state index in [0.717, 1.165) is 12.1 Å². The molecule has 2 rings (SSSR count). The molecule has 100 valence electrons. The fourth-order valence-electron chi connectivity index (χ4n) is 1.68. The summed E-state index contributed by atoms with van der Waals surface area (Å²) in [6.07, 6.45) is -4.80. The number of nitrogen functional groups attached to an aromatic ring is 1.